The van der Waals surface area contributed by atoms with Crippen molar-refractivity contribution in [3.8, 4) is 11.8 Å². The lowest BCUT2D eigenvalue weighted by Gasteiger charge is -2.45. The molecule has 0 aliphatic carbocycles. The molecule has 0 saturated carbocycles. The number of halogens is 1. The van der Waals surface area contributed by atoms with Gasteiger partial charge in [-0.1, -0.05) is 11.6 Å². The number of ether oxygens (including phenoxy) is 1. The lowest BCUT2D eigenvalue weighted by Crippen LogP contribution is -2.63. The van der Waals surface area contributed by atoms with Crippen molar-refractivity contribution < 1.29 is 9.53 Å². The van der Waals surface area contributed by atoms with E-state index in [1.165, 1.54) is 6.33 Å². The number of nitrogens with zero attached hydrogens (tertiary/aromatic N) is 7. The minimum atomic E-state index is -0.305. The van der Waals surface area contributed by atoms with Crippen LogP contribution in [0.15, 0.2) is 12.4 Å². The first-order valence-corrected chi connectivity index (χ1v) is 12.7. The van der Waals surface area contributed by atoms with Crippen molar-refractivity contribution in [3.05, 3.63) is 39.8 Å². The summed E-state index contributed by atoms with van der Waals surface area (Å²) in [5.41, 5.74) is 9.42. The highest BCUT2D eigenvalue weighted by molar-refractivity contribution is 6.32. The van der Waals surface area contributed by atoms with Crippen LogP contribution in [0.1, 0.15) is 49.2 Å². The fourth-order valence-electron chi connectivity index (χ4n) is 5.23. The smallest absolute Gasteiger partial charge is 0.317 e. The number of carbonyl (C=O) groups is 1. The Morgan fingerprint density at radius 2 is 2.14 bits per heavy atom. The third-order valence-corrected chi connectivity index (χ3v) is 7.44. The van der Waals surface area contributed by atoms with Gasteiger partial charge in [-0.15, -0.1) is 0 Å². The zero-order valence-electron chi connectivity index (χ0n) is 21.3. The van der Waals surface area contributed by atoms with E-state index in [1.54, 1.807) is 15.6 Å². The molecule has 2 aliphatic rings. The van der Waals surface area contributed by atoms with Gasteiger partial charge in [-0.2, -0.15) is 10.4 Å². The van der Waals surface area contributed by atoms with Gasteiger partial charge in [-0.25, -0.2) is 19.4 Å². The fourth-order valence-corrected chi connectivity index (χ4v) is 5.50. The molecule has 1 saturated heterocycles. The van der Waals surface area contributed by atoms with Crippen LogP contribution in [0, 0.1) is 18.3 Å². The third-order valence-electron chi connectivity index (χ3n) is 7.15. The Balaban J connectivity index is 1.53. The van der Waals surface area contributed by atoms with E-state index in [0.717, 1.165) is 16.8 Å². The summed E-state index contributed by atoms with van der Waals surface area (Å²) >= 11 is 6.68. The topological polar surface area (TPSA) is 138 Å². The van der Waals surface area contributed by atoms with Crippen LogP contribution < -0.4 is 15.8 Å². The number of nitrogens with two attached hydrogens (primary N) is 1. The van der Waals surface area contributed by atoms with Gasteiger partial charge in [0.1, 0.15) is 30.1 Å². The Morgan fingerprint density at radius 3 is 2.84 bits per heavy atom. The number of aryl methyl sites for hydroxylation is 1. The average Bonchev–Trinajstić information content (AvgIpc) is 3.07. The van der Waals surface area contributed by atoms with Crippen LogP contribution in [-0.4, -0.2) is 73.9 Å². The summed E-state index contributed by atoms with van der Waals surface area (Å²) in [6.07, 6.45) is 1.28. The molecule has 2 aromatic heterocycles. The van der Waals surface area contributed by atoms with Crippen LogP contribution in [0.25, 0.3) is 11.0 Å². The first-order chi connectivity index (χ1) is 17.7. The molecule has 2 aliphatic heterocycles. The molecule has 2 amide bonds. The minimum absolute atomic E-state index is 0.0543. The zero-order valence-corrected chi connectivity index (χ0v) is 22.1. The number of hydrogen-bond donors (Lipinski definition) is 2. The maximum Gasteiger partial charge on any atom is 0.317 e. The van der Waals surface area contributed by atoms with Crippen molar-refractivity contribution in [3.63, 3.8) is 0 Å². The lowest BCUT2D eigenvalue weighted by atomic mass is 9.97. The largest absolute Gasteiger partial charge is 0.489 e. The van der Waals surface area contributed by atoms with Gasteiger partial charge in [0.2, 0.25) is 0 Å². The zero-order chi connectivity index (χ0) is 26.4. The molecule has 5 rings (SSSR count). The molecule has 0 spiro atoms. The van der Waals surface area contributed by atoms with Crippen molar-refractivity contribution in [2.75, 3.05) is 31.9 Å². The highest BCUT2D eigenvalue weighted by atomic mass is 35.5. The van der Waals surface area contributed by atoms with Crippen molar-refractivity contribution >= 4 is 34.5 Å². The quantitative estimate of drug-likeness (QED) is 0.532. The Morgan fingerprint density at radius 1 is 1.38 bits per heavy atom. The van der Waals surface area contributed by atoms with E-state index in [1.807, 2.05) is 27.7 Å². The van der Waals surface area contributed by atoms with Crippen LogP contribution in [-0.2, 0) is 6.54 Å². The van der Waals surface area contributed by atoms with Gasteiger partial charge in [0.05, 0.1) is 27.7 Å². The maximum absolute atomic E-state index is 12.2. The number of nitrogens with one attached hydrogen (secondary N) is 1. The number of fused-ring (bicyclic) bond motifs is 2. The highest BCUT2D eigenvalue weighted by Crippen LogP contribution is 2.41. The monoisotopic (exact) mass is 523 g/mol. The number of urea groups is 1. The second-order valence-electron chi connectivity index (χ2n) is 9.66. The predicted molar refractivity (Wildman–Crippen MR) is 139 cm³/mol. The van der Waals surface area contributed by atoms with Gasteiger partial charge in [0.15, 0.2) is 5.65 Å². The second-order valence-corrected chi connectivity index (χ2v) is 10.1. The summed E-state index contributed by atoms with van der Waals surface area (Å²) in [5.74, 6) is 1.02. The molecule has 37 heavy (non-hydrogen) atoms. The number of aromatic nitrogens is 4. The number of hydrogen-bond acceptors (Lipinski definition) is 8. The standard InChI is InChI=1S/C25H30ClN9O2/c1-5-29-25(36)34-9-16(10-34)33-8-13(2)37-22-17(6-20(26)18(7-27)19(22)11-33)15(4)35-24-21(14(3)32-35)23(28)30-12-31-24/h6,12-13,15-16H,5,8-11H2,1-4H3,(H,29,36)(H2,28,30,31). The summed E-state index contributed by atoms with van der Waals surface area (Å²) in [6.45, 7) is 10.8. The highest BCUT2D eigenvalue weighted by Gasteiger charge is 2.38. The van der Waals surface area contributed by atoms with E-state index in [-0.39, 0.29) is 24.2 Å². The van der Waals surface area contributed by atoms with Crippen LogP contribution in [0.2, 0.25) is 5.02 Å². The number of amides is 2. The average molecular weight is 524 g/mol. The lowest BCUT2D eigenvalue weighted by molar-refractivity contribution is 0.0366. The summed E-state index contributed by atoms with van der Waals surface area (Å²) in [7, 11) is 0. The summed E-state index contributed by atoms with van der Waals surface area (Å²) in [6, 6.07) is 3.88. The molecule has 4 heterocycles. The van der Waals surface area contributed by atoms with Gasteiger partial charge >= 0.3 is 6.03 Å². The molecule has 1 fully saturated rings. The molecular formula is C25H30ClN9O2. The predicted octanol–water partition coefficient (Wildman–Crippen LogP) is 2.85. The van der Waals surface area contributed by atoms with Gasteiger partial charge in [-0.3, -0.25) is 4.90 Å². The first-order valence-electron chi connectivity index (χ1n) is 12.4. The summed E-state index contributed by atoms with van der Waals surface area (Å²) < 4.78 is 8.29. The first kappa shape index (κ1) is 25.0. The Kier molecular flexibility index (Phi) is 6.56. The van der Waals surface area contributed by atoms with Gasteiger partial charge in [0.25, 0.3) is 0 Å². The van der Waals surface area contributed by atoms with Crippen LogP contribution in [0.5, 0.6) is 5.75 Å². The molecule has 3 aromatic rings. The van der Waals surface area contributed by atoms with Crippen LogP contribution >= 0.6 is 11.6 Å². The number of anilines is 1. The molecular weight excluding hydrogens is 494 g/mol. The number of likely N-dealkylation sites (tertiary alicyclic amines) is 1. The molecule has 194 valence electrons. The molecule has 2 unspecified atom stereocenters. The number of carbonyl (C=O) groups excluding carboxylic acids is 1. The van der Waals surface area contributed by atoms with Crippen LogP contribution in [0.4, 0.5) is 10.6 Å². The Bertz CT molecular complexity index is 1410. The molecule has 0 radical (unpaired) electrons. The van der Waals surface area contributed by atoms with E-state index in [2.05, 4.69) is 26.3 Å². The van der Waals surface area contributed by atoms with Gasteiger partial charge < -0.3 is 20.7 Å². The van der Waals surface area contributed by atoms with Crippen LogP contribution in [0.3, 0.4) is 0 Å². The third kappa shape index (κ3) is 4.30. The van der Waals surface area contributed by atoms with Crippen molar-refractivity contribution in [2.24, 2.45) is 0 Å². The van der Waals surface area contributed by atoms with E-state index in [9.17, 15) is 10.1 Å². The van der Waals surface area contributed by atoms with E-state index in [4.69, 9.17) is 27.2 Å². The second kappa shape index (κ2) is 9.68. The van der Waals surface area contributed by atoms with E-state index < -0.39 is 0 Å². The van der Waals surface area contributed by atoms with Crippen molar-refractivity contribution in [2.45, 2.75) is 52.4 Å². The molecule has 1 aromatic carbocycles. The number of nitriles is 1. The fraction of sp³-hybridized carbons (Fsp3) is 0.480. The van der Waals surface area contributed by atoms with Crippen molar-refractivity contribution in [1.82, 2.24) is 34.9 Å². The van der Waals surface area contributed by atoms with E-state index >= 15 is 0 Å². The SMILES string of the molecule is CCNC(=O)N1CC(N2Cc3c(C#N)c(Cl)cc(C(C)n4nc(C)c5c(N)ncnc54)c3OC(C)C2)C1. The molecule has 3 N–H and O–H groups in total. The number of rotatable bonds is 4. The molecule has 2 atom stereocenters. The van der Waals surface area contributed by atoms with Crippen molar-refractivity contribution in [1.29, 1.82) is 5.26 Å². The summed E-state index contributed by atoms with van der Waals surface area (Å²) in [4.78, 5) is 24.8. The van der Waals surface area contributed by atoms with Gasteiger partial charge in [0, 0.05) is 49.9 Å². The molecule has 11 nitrogen and oxygen atoms in total. The van der Waals surface area contributed by atoms with Gasteiger partial charge in [-0.05, 0) is 33.8 Å². The number of nitrogen functional groups attached to an aromatic ring is 1. The Hall–Kier alpha value is -3.62. The van der Waals surface area contributed by atoms with E-state index in [0.29, 0.717) is 65.9 Å². The molecule has 0 bridgehead atoms. The molecule has 12 heteroatoms. The normalized spacial score (nSPS) is 18.9. The summed E-state index contributed by atoms with van der Waals surface area (Å²) in [5, 5.41) is 18.6. The number of benzene rings is 1. The Labute approximate surface area is 220 Å². The minimum Gasteiger partial charge on any atom is -0.489 e. The maximum atomic E-state index is 12.2.